The average Bonchev–Trinajstić information content (AvgIpc) is 3.40. The molecule has 4 amide bonds. The Hall–Kier alpha value is -3.64. The summed E-state index contributed by atoms with van der Waals surface area (Å²) in [4.78, 5) is 43.9. The Morgan fingerprint density at radius 3 is 2.59 bits per heavy atom. The van der Waals surface area contributed by atoms with Gasteiger partial charge >= 0.3 is 6.03 Å². The molecule has 0 saturated carbocycles. The quantitative estimate of drug-likeness (QED) is 0.529. The molecule has 3 aliphatic heterocycles. The van der Waals surface area contributed by atoms with Gasteiger partial charge in [0.1, 0.15) is 18.0 Å². The van der Waals surface area contributed by atoms with E-state index >= 15 is 0 Å². The van der Waals surface area contributed by atoms with Crippen molar-refractivity contribution in [3.8, 4) is 17.2 Å². The van der Waals surface area contributed by atoms with Crippen LogP contribution in [-0.4, -0.2) is 95.9 Å². The molecule has 3 heterocycles. The van der Waals surface area contributed by atoms with Gasteiger partial charge in [0.25, 0.3) is 0 Å². The molecule has 2 aromatic rings. The van der Waals surface area contributed by atoms with Crippen LogP contribution in [0.2, 0.25) is 0 Å². The highest BCUT2D eigenvalue weighted by atomic mass is 32.2. The van der Waals surface area contributed by atoms with E-state index in [0.29, 0.717) is 36.8 Å². The maximum Gasteiger partial charge on any atom is 0.334 e. The number of benzene rings is 2. The highest BCUT2D eigenvalue weighted by molar-refractivity contribution is 7.98. The molecule has 3 aliphatic rings. The Balaban J connectivity index is 1.38. The number of thioether (sulfide) groups is 1. The van der Waals surface area contributed by atoms with Crippen LogP contribution >= 0.6 is 11.8 Å². The van der Waals surface area contributed by atoms with Crippen molar-refractivity contribution >= 4 is 29.6 Å². The highest BCUT2D eigenvalue weighted by Crippen LogP contribution is 2.34. The summed E-state index contributed by atoms with van der Waals surface area (Å²) in [6.07, 6.45) is 1.84. The molecule has 0 bridgehead atoms. The molecule has 2 fully saturated rings. The first-order valence-electron chi connectivity index (χ1n) is 12.8. The Morgan fingerprint density at radius 2 is 1.85 bits per heavy atom. The van der Waals surface area contributed by atoms with E-state index in [0.717, 1.165) is 16.9 Å². The number of amides is 4. The van der Waals surface area contributed by atoms with E-state index < -0.39 is 12.2 Å². The van der Waals surface area contributed by atoms with Crippen LogP contribution < -0.4 is 19.5 Å². The van der Waals surface area contributed by atoms with Crippen molar-refractivity contribution in [1.82, 2.24) is 25.1 Å². The molecular formula is C27H33N5O6S. The third-order valence-electron chi connectivity index (χ3n) is 7.16. The number of likely N-dealkylation sites (N-methyl/N-ethyl adjacent to an activating group) is 1. The zero-order chi connectivity index (χ0) is 27.5. The number of methoxy groups -OCH3 is 1. The van der Waals surface area contributed by atoms with Crippen LogP contribution in [0.3, 0.4) is 0 Å². The number of ether oxygens (including phenoxy) is 3. The second-order valence-electron chi connectivity index (χ2n) is 9.65. The molecule has 0 aliphatic carbocycles. The topological polar surface area (TPSA) is 104 Å². The third-order valence-corrected chi connectivity index (χ3v) is 7.80. The predicted octanol–water partition coefficient (Wildman–Crippen LogP) is 2.11. The van der Waals surface area contributed by atoms with Crippen molar-refractivity contribution in [2.75, 3.05) is 46.0 Å². The number of piperazine rings is 1. The van der Waals surface area contributed by atoms with Gasteiger partial charge in [-0.1, -0.05) is 18.2 Å². The standard InChI is InChI=1S/C27H33N5O6S/c1-29-16-25(33)31-21(10-11-39-3)26(34)30(14-19-6-9-22-23(12-19)38-17-37-22)15-24(31)32(29)27(35)28-13-18-4-7-20(36-2)8-5-18/h4-9,12,21,24H,10-11,13-17H2,1-3H3,(H,28,35)/t21-,24-/m0/s1. The number of nitrogens with zero attached hydrogens (tertiary/aromatic N) is 4. The molecule has 5 rings (SSSR count). The van der Waals surface area contributed by atoms with Gasteiger partial charge < -0.3 is 29.3 Å². The lowest BCUT2D eigenvalue weighted by atomic mass is 10.0. The number of hydrogen-bond donors (Lipinski definition) is 1. The summed E-state index contributed by atoms with van der Waals surface area (Å²) in [6, 6.07) is 12.1. The fourth-order valence-corrected chi connectivity index (χ4v) is 5.67. The molecule has 2 atom stereocenters. The minimum absolute atomic E-state index is 0.0116. The van der Waals surface area contributed by atoms with E-state index in [9.17, 15) is 14.4 Å². The number of rotatable bonds is 8. The summed E-state index contributed by atoms with van der Waals surface area (Å²) in [5.41, 5.74) is 1.80. The van der Waals surface area contributed by atoms with Crippen molar-refractivity contribution in [2.45, 2.75) is 31.7 Å². The number of nitrogens with one attached hydrogen (secondary N) is 1. The van der Waals surface area contributed by atoms with Crippen molar-refractivity contribution in [1.29, 1.82) is 0 Å². The summed E-state index contributed by atoms with van der Waals surface area (Å²) < 4.78 is 16.1. The minimum Gasteiger partial charge on any atom is -0.497 e. The lowest BCUT2D eigenvalue weighted by molar-refractivity contribution is -0.187. The number of fused-ring (bicyclic) bond motifs is 2. The Morgan fingerprint density at radius 1 is 1.10 bits per heavy atom. The van der Waals surface area contributed by atoms with Gasteiger partial charge in [-0.3, -0.25) is 9.59 Å². The molecule has 0 spiro atoms. The first-order chi connectivity index (χ1) is 18.9. The number of carbonyl (C=O) groups is 3. The van der Waals surface area contributed by atoms with Crippen LogP contribution in [0.1, 0.15) is 17.5 Å². The Bertz CT molecular complexity index is 1230. The highest BCUT2D eigenvalue weighted by Gasteiger charge is 2.50. The van der Waals surface area contributed by atoms with Gasteiger partial charge in [-0.2, -0.15) is 11.8 Å². The van der Waals surface area contributed by atoms with Crippen molar-refractivity contribution in [3.63, 3.8) is 0 Å². The summed E-state index contributed by atoms with van der Waals surface area (Å²) in [7, 11) is 3.32. The van der Waals surface area contributed by atoms with Gasteiger partial charge in [-0.15, -0.1) is 0 Å². The van der Waals surface area contributed by atoms with Crippen LogP contribution in [0.5, 0.6) is 17.2 Å². The van der Waals surface area contributed by atoms with Crippen molar-refractivity contribution < 1.29 is 28.6 Å². The molecular weight excluding hydrogens is 522 g/mol. The van der Waals surface area contributed by atoms with Gasteiger partial charge in [-0.25, -0.2) is 14.8 Å². The maximum absolute atomic E-state index is 13.7. The lowest BCUT2D eigenvalue weighted by Crippen LogP contribution is -2.75. The zero-order valence-corrected chi connectivity index (χ0v) is 23.1. The summed E-state index contributed by atoms with van der Waals surface area (Å²) in [5, 5.41) is 6.17. The summed E-state index contributed by atoms with van der Waals surface area (Å²) in [5.74, 6) is 2.49. The van der Waals surface area contributed by atoms with Crippen LogP contribution in [-0.2, 0) is 22.7 Å². The third kappa shape index (κ3) is 5.57. The summed E-state index contributed by atoms with van der Waals surface area (Å²) in [6.45, 7) is 1.01. The van der Waals surface area contributed by atoms with Gasteiger partial charge in [0.15, 0.2) is 11.5 Å². The first-order valence-corrected chi connectivity index (χ1v) is 14.2. The average molecular weight is 556 g/mol. The molecule has 1 N–H and O–H groups in total. The maximum atomic E-state index is 13.7. The smallest absolute Gasteiger partial charge is 0.334 e. The van der Waals surface area contributed by atoms with Gasteiger partial charge in [0.2, 0.25) is 18.6 Å². The van der Waals surface area contributed by atoms with E-state index in [1.807, 2.05) is 48.7 Å². The second kappa shape index (κ2) is 11.6. The molecule has 0 radical (unpaired) electrons. The molecule has 11 nitrogen and oxygen atoms in total. The fraction of sp³-hybridized carbons (Fsp3) is 0.444. The molecule has 2 aromatic carbocycles. The normalized spacial score (nSPS) is 20.7. The molecule has 2 saturated heterocycles. The van der Waals surface area contributed by atoms with Gasteiger partial charge in [0.05, 0.1) is 20.2 Å². The molecule has 12 heteroatoms. The monoisotopic (exact) mass is 555 g/mol. The van der Waals surface area contributed by atoms with Crippen molar-refractivity contribution in [2.24, 2.45) is 0 Å². The second-order valence-corrected chi connectivity index (χ2v) is 10.6. The van der Waals surface area contributed by atoms with Gasteiger partial charge in [-0.05, 0) is 53.8 Å². The number of urea groups is 1. The van der Waals surface area contributed by atoms with E-state index in [-0.39, 0.29) is 37.7 Å². The number of hydrazine groups is 1. The van der Waals surface area contributed by atoms with Crippen LogP contribution in [0.15, 0.2) is 42.5 Å². The Labute approximate surface area is 231 Å². The largest absolute Gasteiger partial charge is 0.497 e. The first kappa shape index (κ1) is 26.9. The predicted molar refractivity (Wildman–Crippen MR) is 145 cm³/mol. The minimum atomic E-state index is -0.650. The lowest BCUT2D eigenvalue weighted by Gasteiger charge is -2.54. The molecule has 208 valence electrons. The van der Waals surface area contributed by atoms with E-state index in [1.165, 1.54) is 0 Å². The van der Waals surface area contributed by atoms with Crippen LogP contribution in [0.25, 0.3) is 0 Å². The summed E-state index contributed by atoms with van der Waals surface area (Å²) >= 11 is 1.62. The molecule has 0 aromatic heterocycles. The van der Waals surface area contributed by atoms with E-state index in [1.54, 1.807) is 45.7 Å². The van der Waals surface area contributed by atoms with Gasteiger partial charge in [0, 0.05) is 20.1 Å². The SMILES string of the molecule is COc1ccc(CNC(=O)N2[C@H]3CN(Cc4ccc5c(c4)OCO5)C(=O)[C@H](CCSC)N3C(=O)CN2C)cc1. The zero-order valence-electron chi connectivity index (χ0n) is 22.3. The van der Waals surface area contributed by atoms with Crippen LogP contribution in [0.4, 0.5) is 4.79 Å². The Kier molecular flexibility index (Phi) is 8.03. The molecule has 0 unspecified atom stereocenters. The van der Waals surface area contributed by atoms with E-state index in [2.05, 4.69) is 5.32 Å². The van der Waals surface area contributed by atoms with E-state index in [4.69, 9.17) is 14.2 Å². The van der Waals surface area contributed by atoms with Crippen molar-refractivity contribution in [3.05, 3.63) is 53.6 Å². The number of carbonyl (C=O) groups excluding carboxylic acids is 3. The molecule has 39 heavy (non-hydrogen) atoms. The van der Waals surface area contributed by atoms with Crippen LogP contribution in [0, 0.1) is 0 Å². The number of hydrogen-bond acceptors (Lipinski definition) is 8. The fourth-order valence-electron chi connectivity index (χ4n) is 5.22.